The average molecular weight is 345 g/mol. The third-order valence-electron chi connectivity index (χ3n) is 4.02. The SMILES string of the molecule is C[C@@](O)(CNC(=O)Cc1[nH]nc2ccccc12)c1ccc(F)cc1F. The number of hydrogen-bond acceptors (Lipinski definition) is 3. The first-order chi connectivity index (χ1) is 11.9. The van der Waals surface area contributed by atoms with Gasteiger partial charge in [0.15, 0.2) is 0 Å². The molecule has 0 saturated carbocycles. The van der Waals surface area contributed by atoms with E-state index in [4.69, 9.17) is 0 Å². The molecule has 0 saturated heterocycles. The van der Waals surface area contributed by atoms with Gasteiger partial charge in [0, 0.05) is 17.0 Å². The molecule has 1 aromatic heterocycles. The van der Waals surface area contributed by atoms with Crippen molar-refractivity contribution in [2.24, 2.45) is 0 Å². The molecular formula is C18H17F2N3O2. The Bertz CT molecular complexity index is 922. The molecule has 130 valence electrons. The topological polar surface area (TPSA) is 78.0 Å². The van der Waals surface area contributed by atoms with Crippen molar-refractivity contribution in [3.8, 4) is 0 Å². The van der Waals surface area contributed by atoms with Crippen molar-refractivity contribution in [2.45, 2.75) is 18.9 Å². The van der Waals surface area contributed by atoms with Crippen LogP contribution < -0.4 is 5.32 Å². The zero-order valence-corrected chi connectivity index (χ0v) is 13.5. The molecule has 2 aromatic carbocycles. The molecule has 7 heteroatoms. The lowest BCUT2D eigenvalue weighted by atomic mass is 9.95. The first kappa shape index (κ1) is 17.0. The van der Waals surface area contributed by atoms with Gasteiger partial charge in [-0.15, -0.1) is 0 Å². The van der Waals surface area contributed by atoms with E-state index >= 15 is 0 Å². The van der Waals surface area contributed by atoms with Gasteiger partial charge in [-0.2, -0.15) is 5.10 Å². The Morgan fingerprint density at radius 2 is 2.04 bits per heavy atom. The number of aliphatic hydroxyl groups is 1. The van der Waals surface area contributed by atoms with Crippen molar-refractivity contribution in [3.63, 3.8) is 0 Å². The Labute approximate surface area is 142 Å². The van der Waals surface area contributed by atoms with Crippen molar-refractivity contribution < 1.29 is 18.7 Å². The quantitative estimate of drug-likeness (QED) is 0.664. The number of amides is 1. The van der Waals surface area contributed by atoms with E-state index < -0.39 is 17.2 Å². The first-order valence-electron chi connectivity index (χ1n) is 7.73. The standard InChI is InChI=1S/C18H17F2N3O2/c1-18(25,13-7-6-11(19)8-14(13)20)10-21-17(24)9-16-12-4-2-3-5-15(12)22-23-16/h2-8,25H,9-10H2,1H3,(H,21,24)(H,22,23)/t18-/m1/s1. The number of hydrogen-bond donors (Lipinski definition) is 3. The molecule has 0 radical (unpaired) electrons. The van der Waals surface area contributed by atoms with E-state index in [0.29, 0.717) is 11.8 Å². The van der Waals surface area contributed by atoms with Gasteiger partial charge in [0.2, 0.25) is 5.91 Å². The molecule has 0 fully saturated rings. The van der Waals surface area contributed by atoms with Crippen LogP contribution in [0.3, 0.4) is 0 Å². The summed E-state index contributed by atoms with van der Waals surface area (Å²) in [5, 5.41) is 20.7. The first-order valence-corrected chi connectivity index (χ1v) is 7.73. The zero-order chi connectivity index (χ0) is 18.0. The highest BCUT2D eigenvalue weighted by Crippen LogP contribution is 2.23. The molecule has 1 amide bonds. The summed E-state index contributed by atoms with van der Waals surface area (Å²) >= 11 is 0. The number of fused-ring (bicyclic) bond motifs is 1. The number of para-hydroxylation sites is 1. The summed E-state index contributed by atoms with van der Waals surface area (Å²) in [6.07, 6.45) is 0.0441. The summed E-state index contributed by atoms with van der Waals surface area (Å²) in [5.41, 5.74) is -0.337. The van der Waals surface area contributed by atoms with E-state index in [1.54, 1.807) is 0 Å². The van der Waals surface area contributed by atoms with Gasteiger partial charge in [0.05, 0.1) is 24.2 Å². The van der Waals surface area contributed by atoms with Gasteiger partial charge in [-0.25, -0.2) is 8.78 Å². The molecule has 0 aliphatic heterocycles. The highest BCUT2D eigenvalue weighted by Gasteiger charge is 2.27. The highest BCUT2D eigenvalue weighted by molar-refractivity contribution is 5.87. The fourth-order valence-electron chi connectivity index (χ4n) is 2.66. The number of aromatic amines is 1. The number of nitrogens with one attached hydrogen (secondary N) is 2. The van der Waals surface area contributed by atoms with E-state index in [9.17, 15) is 18.7 Å². The van der Waals surface area contributed by atoms with Crippen LogP contribution in [0.5, 0.6) is 0 Å². The van der Waals surface area contributed by atoms with Gasteiger partial charge in [-0.05, 0) is 19.1 Å². The van der Waals surface area contributed by atoms with Gasteiger partial charge in [0.1, 0.15) is 17.2 Å². The molecule has 0 aliphatic rings. The van der Waals surface area contributed by atoms with Crippen molar-refractivity contribution in [1.82, 2.24) is 15.5 Å². The van der Waals surface area contributed by atoms with E-state index in [-0.39, 0.29) is 24.4 Å². The number of rotatable bonds is 5. The van der Waals surface area contributed by atoms with Crippen LogP contribution in [0.1, 0.15) is 18.2 Å². The smallest absolute Gasteiger partial charge is 0.226 e. The van der Waals surface area contributed by atoms with E-state index in [1.165, 1.54) is 13.0 Å². The van der Waals surface area contributed by atoms with Crippen LogP contribution in [0.25, 0.3) is 10.9 Å². The monoisotopic (exact) mass is 345 g/mol. The van der Waals surface area contributed by atoms with Gasteiger partial charge in [-0.1, -0.05) is 24.3 Å². The lowest BCUT2D eigenvalue weighted by Gasteiger charge is -2.24. The maximum absolute atomic E-state index is 13.8. The van der Waals surface area contributed by atoms with E-state index in [2.05, 4.69) is 15.5 Å². The maximum Gasteiger partial charge on any atom is 0.226 e. The second-order valence-electron chi connectivity index (χ2n) is 6.07. The van der Waals surface area contributed by atoms with E-state index in [1.807, 2.05) is 24.3 Å². The Morgan fingerprint density at radius 1 is 1.28 bits per heavy atom. The minimum absolute atomic E-state index is 0.0441. The minimum Gasteiger partial charge on any atom is -0.383 e. The molecule has 3 rings (SSSR count). The fourth-order valence-corrected chi connectivity index (χ4v) is 2.66. The molecular weight excluding hydrogens is 328 g/mol. The Balaban J connectivity index is 1.67. The lowest BCUT2D eigenvalue weighted by molar-refractivity contribution is -0.121. The molecule has 0 aliphatic carbocycles. The predicted octanol–water partition coefficient (Wildman–Crippen LogP) is 2.41. The third-order valence-corrected chi connectivity index (χ3v) is 4.02. The molecule has 1 heterocycles. The van der Waals surface area contributed by atoms with E-state index in [0.717, 1.165) is 17.0 Å². The second-order valence-corrected chi connectivity index (χ2v) is 6.07. The number of aromatic nitrogens is 2. The van der Waals surface area contributed by atoms with Crippen molar-refractivity contribution in [3.05, 3.63) is 65.4 Å². The van der Waals surface area contributed by atoms with Gasteiger partial charge in [0.25, 0.3) is 0 Å². The molecule has 25 heavy (non-hydrogen) atoms. The summed E-state index contributed by atoms with van der Waals surface area (Å²) in [5.74, 6) is -1.94. The number of halogens is 2. The normalized spacial score (nSPS) is 13.6. The summed E-state index contributed by atoms with van der Waals surface area (Å²) in [7, 11) is 0. The lowest BCUT2D eigenvalue weighted by Crippen LogP contribution is -2.39. The average Bonchev–Trinajstić information content (AvgIpc) is 2.96. The van der Waals surface area contributed by atoms with Gasteiger partial charge < -0.3 is 10.4 Å². The number of carbonyl (C=O) groups is 1. The molecule has 0 unspecified atom stereocenters. The summed E-state index contributed by atoms with van der Waals surface area (Å²) in [4.78, 5) is 12.1. The van der Waals surface area contributed by atoms with Gasteiger partial charge in [-0.3, -0.25) is 9.89 Å². The van der Waals surface area contributed by atoms with Crippen LogP contribution in [0, 0.1) is 11.6 Å². The Morgan fingerprint density at radius 3 is 2.80 bits per heavy atom. The summed E-state index contributed by atoms with van der Waals surface area (Å²) in [6.45, 7) is 1.15. The summed E-state index contributed by atoms with van der Waals surface area (Å²) in [6, 6.07) is 10.3. The largest absolute Gasteiger partial charge is 0.383 e. The molecule has 3 N–H and O–H groups in total. The van der Waals surface area contributed by atoms with Crippen LogP contribution >= 0.6 is 0 Å². The van der Waals surface area contributed by atoms with Crippen molar-refractivity contribution >= 4 is 16.8 Å². The fraction of sp³-hybridized carbons (Fsp3) is 0.222. The highest BCUT2D eigenvalue weighted by atomic mass is 19.1. The Hall–Kier alpha value is -2.80. The van der Waals surface area contributed by atoms with Crippen LogP contribution in [0.15, 0.2) is 42.5 Å². The molecule has 0 bridgehead atoms. The zero-order valence-electron chi connectivity index (χ0n) is 13.5. The molecule has 3 aromatic rings. The van der Waals surface area contributed by atoms with Crippen LogP contribution in [-0.4, -0.2) is 27.8 Å². The number of H-pyrrole nitrogens is 1. The van der Waals surface area contributed by atoms with Crippen LogP contribution in [-0.2, 0) is 16.8 Å². The van der Waals surface area contributed by atoms with Crippen molar-refractivity contribution in [1.29, 1.82) is 0 Å². The molecule has 5 nitrogen and oxygen atoms in total. The molecule has 0 spiro atoms. The van der Waals surface area contributed by atoms with Gasteiger partial charge >= 0.3 is 0 Å². The summed E-state index contributed by atoms with van der Waals surface area (Å²) < 4.78 is 26.8. The second kappa shape index (κ2) is 6.60. The van der Waals surface area contributed by atoms with Crippen molar-refractivity contribution in [2.75, 3.05) is 6.54 Å². The Kier molecular flexibility index (Phi) is 4.50. The van der Waals surface area contributed by atoms with Crippen LogP contribution in [0.4, 0.5) is 8.78 Å². The number of nitrogens with zero attached hydrogens (tertiary/aromatic N) is 1. The third kappa shape index (κ3) is 3.66. The van der Waals surface area contributed by atoms with Crippen LogP contribution in [0.2, 0.25) is 0 Å². The maximum atomic E-state index is 13.8. The predicted molar refractivity (Wildman–Crippen MR) is 88.7 cm³/mol. The number of carbonyl (C=O) groups excluding carboxylic acids is 1. The minimum atomic E-state index is -1.66. The molecule has 1 atom stereocenters. The number of benzene rings is 2.